The third-order valence-electron chi connectivity index (χ3n) is 2.80. The van der Waals surface area contributed by atoms with Gasteiger partial charge in [0.2, 0.25) is 0 Å². The lowest BCUT2D eigenvalue weighted by Crippen LogP contribution is -2.58. The first-order valence-electron chi connectivity index (χ1n) is 5.03. The van der Waals surface area contributed by atoms with Crippen molar-refractivity contribution >= 4 is 6.03 Å². The minimum Gasteiger partial charge on any atom is -0.352 e. The maximum atomic E-state index is 11.0. The van der Waals surface area contributed by atoms with Crippen LogP contribution in [0.25, 0.3) is 0 Å². The maximum Gasteiger partial charge on any atom is 0.313 e. The van der Waals surface area contributed by atoms with Gasteiger partial charge in [0.1, 0.15) is 5.66 Å². The van der Waals surface area contributed by atoms with E-state index in [2.05, 4.69) is 16.7 Å². The quantitative estimate of drug-likeness (QED) is 0.631. The molecule has 0 spiro atoms. The number of nitrogens with two attached hydrogens (primary N) is 1. The van der Waals surface area contributed by atoms with Gasteiger partial charge in [-0.1, -0.05) is 24.3 Å². The van der Waals surface area contributed by atoms with Crippen LogP contribution >= 0.6 is 0 Å². The lowest BCUT2D eigenvalue weighted by molar-refractivity contribution is 0.222. The van der Waals surface area contributed by atoms with Gasteiger partial charge in [-0.2, -0.15) is 0 Å². The van der Waals surface area contributed by atoms with Crippen molar-refractivity contribution in [2.24, 2.45) is 5.73 Å². The lowest BCUT2D eigenvalue weighted by Gasteiger charge is -2.37. The first-order chi connectivity index (χ1) is 7.12. The van der Waals surface area contributed by atoms with Crippen molar-refractivity contribution < 1.29 is 4.79 Å². The van der Waals surface area contributed by atoms with E-state index in [4.69, 9.17) is 5.73 Å². The van der Waals surface area contributed by atoms with Crippen molar-refractivity contribution in [3.05, 3.63) is 35.4 Å². The van der Waals surface area contributed by atoms with Gasteiger partial charge in [0, 0.05) is 6.54 Å². The van der Waals surface area contributed by atoms with Gasteiger partial charge in [0.15, 0.2) is 0 Å². The smallest absolute Gasteiger partial charge is 0.313 e. The van der Waals surface area contributed by atoms with Crippen molar-refractivity contribution in [2.75, 3.05) is 6.54 Å². The molecular formula is C11H15N3O. The number of amides is 2. The molecule has 2 rings (SSSR count). The van der Waals surface area contributed by atoms with Crippen LogP contribution < -0.4 is 16.4 Å². The highest BCUT2D eigenvalue weighted by Gasteiger charge is 2.31. The van der Waals surface area contributed by atoms with Crippen LogP contribution in [0.4, 0.5) is 4.79 Å². The summed E-state index contributed by atoms with van der Waals surface area (Å²) < 4.78 is 0. The monoisotopic (exact) mass is 205 g/mol. The highest BCUT2D eigenvalue weighted by molar-refractivity contribution is 5.73. The Morgan fingerprint density at radius 3 is 3.00 bits per heavy atom. The van der Waals surface area contributed by atoms with E-state index in [1.54, 1.807) is 0 Å². The predicted molar refractivity (Wildman–Crippen MR) is 58.2 cm³/mol. The minimum absolute atomic E-state index is 0.512. The Morgan fingerprint density at radius 2 is 2.27 bits per heavy atom. The van der Waals surface area contributed by atoms with E-state index < -0.39 is 11.7 Å². The lowest BCUT2D eigenvalue weighted by atomic mass is 9.90. The summed E-state index contributed by atoms with van der Waals surface area (Å²) >= 11 is 0. The fourth-order valence-corrected chi connectivity index (χ4v) is 2.13. The molecule has 4 nitrogen and oxygen atoms in total. The second-order valence-corrected chi connectivity index (χ2v) is 3.95. The van der Waals surface area contributed by atoms with Crippen molar-refractivity contribution in [3.63, 3.8) is 0 Å². The highest BCUT2D eigenvalue weighted by Crippen LogP contribution is 2.25. The zero-order chi connectivity index (χ0) is 10.9. The number of fused-ring (bicyclic) bond motifs is 1. The first kappa shape index (κ1) is 9.98. The van der Waals surface area contributed by atoms with Gasteiger partial charge in [-0.05, 0) is 24.5 Å². The normalized spacial score (nSPS) is 24.3. The van der Waals surface area contributed by atoms with Crippen molar-refractivity contribution in [2.45, 2.75) is 19.0 Å². The van der Waals surface area contributed by atoms with Crippen LogP contribution in [0.1, 0.15) is 18.1 Å². The van der Waals surface area contributed by atoms with E-state index in [1.165, 1.54) is 5.56 Å². The van der Waals surface area contributed by atoms with Crippen molar-refractivity contribution in [3.8, 4) is 0 Å². The van der Waals surface area contributed by atoms with E-state index in [0.29, 0.717) is 0 Å². The summed E-state index contributed by atoms with van der Waals surface area (Å²) in [6.45, 7) is 2.77. The minimum atomic E-state index is -0.541. The number of benzene rings is 1. The number of hydrogen-bond acceptors (Lipinski definition) is 2. The van der Waals surface area contributed by atoms with Gasteiger partial charge in [-0.25, -0.2) is 4.79 Å². The number of primary amides is 1. The zero-order valence-electron chi connectivity index (χ0n) is 8.71. The second-order valence-electron chi connectivity index (χ2n) is 3.95. The van der Waals surface area contributed by atoms with Crippen LogP contribution in [-0.4, -0.2) is 12.6 Å². The molecule has 15 heavy (non-hydrogen) atoms. The van der Waals surface area contributed by atoms with E-state index >= 15 is 0 Å². The average Bonchev–Trinajstić information content (AvgIpc) is 2.17. The summed E-state index contributed by atoms with van der Waals surface area (Å²) in [7, 11) is 0. The molecule has 1 aromatic carbocycles. The molecule has 0 saturated heterocycles. The Balaban J connectivity index is 2.40. The SMILES string of the molecule is CC1(NC(N)=O)NCCc2ccccc21. The van der Waals surface area contributed by atoms with Crippen LogP contribution in [0.5, 0.6) is 0 Å². The average molecular weight is 205 g/mol. The molecule has 0 saturated carbocycles. The van der Waals surface area contributed by atoms with Crippen LogP contribution in [0, 0.1) is 0 Å². The molecule has 1 aliphatic heterocycles. The van der Waals surface area contributed by atoms with Crippen LogP contribution in [0.3, 0.4) is 0 Å². The topological polar surface area (TPSA) is 67.1 Å². The molecule has 1 aromatic rings. The van der Waals surface area contributed by atoms with E-state index in [0.717, 1.165) is 18.5 Å². The van der Waals surface area contributed by atoms with Crippen LogP contribution in [0.2, 0.25) is 0 Å². The fourth-order valence-electron chi connectivity index (χ4n) is 2.13. The third kappa shape index (κ3) is 1.80. The molecule has 0 fully saturated rings. The van der Waals surface area contributed by atoms with Crippen molar-refractivity contribution in [1.29, 1.82) is 0 Å². The largest absolute Gasteiger partial charge is 0.352 e. The van der Waals surface area contributed by atoms with Gasteiger partial charge in [0.25, 0.3) is 0 Å². The molecule has 80 valence electrons. The molecule has 2 amide bonds. The molecule has 0 aromatic heterocycles. The summed E-state index contributed by atoms with van der Waals surface area (Å²) in [5, 5.41) is 6.01. The molecule has 0 bridgehead atoms. The summed E-state index contributed by atoms with van der Waals surface area (Å²) in [6, 6.07) is 7.55. The molecular weight excluding hydrogens is 190 g/mol. The van der Waals surface area contributed by atoms with Gasteiger partial charge < -0.3 is 11.1 Å². The van der Waals surface area contributed by atoms with Gasteiger partial charge in [-0.15, -0.1) is 0 Å². The Kier molecular flexibility index (Phi) is 2.36. The van der Waals surface area contributed by atoms with Crippen LogP contribution in [-0.2, 0) is 12.1 Å². The summed E-state index contributed by atoms with van der Waals surface area (Å²) in [4.78, 5) is 11.0. The predicted octanol–water partition coefficient (Wildman–Crippen LogP) is 0.673. The number of urea groups is 1. The first-order valence-corrected chi connectivity index (χ1v) is 5.03. The number of carbonyl (C=O) groups excluding carboxylic acids is 1. The zero-order valence-corrected chi connectivity index (χ0v) is 8.71. The molecule has 4 heteroatoms. The highest BCUT2D eigenvalue weighted by atomic mass is 16.2. The molecule has 0 aliphatic carbocycles. The molecule has 4 N–H and O–H groups in total. The Bertz CT molecular complexity index is 391. The molecule has 1 atom stereocenters. The van der Waals surface area contributed by atoms with Gasteiger partial charge >= 0.3 is 6.03 Å². The third-order valence-corrected chi connectivity index (χ3v) is 2.80. The van der Waals surface area contributed by atoms with Crippen molar-refractivity contribution in [1.82, 2.24) is 10.6 Å². The van der Waals surface area contributed by atoms with E-state index in [1.807, 2.05) is 25.1 Å². The maximum absolute atomic E-state index is 11.0. The Labute approximate surface area is 88.9 Å². The van der Waals surface area contributed by atoms with E-state index in [9.17, 15) is 4.79 Å². The Morgan fingerprint density at radius 1 is 1.53 bits per heavy atom. The molecule has 1 unspecified atom stereocenters. The van der Waals surface area contributed by atoms with E-state index in [-0.39, 0.29) is 0 Å². The van der Waals surface area contributed by atoms with Gasteiger partial charge in [0.05, 0.1) is 0 Å². The summed E-state index contributed by atoms with van der Waals surface area (Å²) in [5.74, 6) is 0. The summed E-state index contributed by atoms with van der Waals surface area (Å²) in [5.41, 5.74) is 6.98. The van der Waals surface area contributed by atoms with Crippen LogP contribution in [0.15, 0.2) is 24.3 Å². The second kappa shape index (κ2) is 3.55. The number of rotatable bonds is 1. The fraction of sp³-hybridized carbons (Fsp3) is 0.364. The summed E-state index contributed by atoms with van der Waals surface area (Å²) in [6.07, 6.45) is 0.978. The van der Waals surface area contributed by atoms with Gasteiger partial charge in [-0.3, -0.25) is 5.32 Å². The molecule has 1 heterocycles. The Hall–Kier alpha value is -1.55. The number of nitrogens with one attached hydrogen (secondary N) is 2. The molecule has 1 aliphatic rings. The number of hydrogen-bond donors (Lipinski definition) is 3. The standard InChI is InChI=1S/C11H15N3O/c1-11(14-10(12)15)9-5-3-2-4-8(9)6-7-13-11/h2-5,13H,6-7H2,1H3,(H3,12,14,15). The number of carbonyl (C=O) groups is 1. The molecule has 0 radical (unpaired) electrons.